The average Bonchev–Trinajstić information content (AvgIpc) is 2.78. The summed E-state index contributed by atoms with van der Waals surface area (Å²) in [5, 5.41) is 0. The molecule has 1 aromatic heterocycles. The number of benzene rings is 1. The Balaban J connectivity index is 1.46. The van der Waals surface area contributed by atoms with Gasteiger partial charge in [-0.1, -0.05) is 6.92 Å². The van der Waals surface area contributed by atoms with Gasteiger partial charge in [0.1, 0.15) is 25.1 Å². The molecule has 2 aliphatic heterocycles. The number of ether oxygens (including phenoxy) is 5. The first-order chi connectivity index (χ1) is 14.7. The van der Waals surface area contributed by atoms with E-state index in [1.165, 1.54) is 0 Å². The van der Waals surface area contributed by atoms with Crippen LogP contribution in [0, 0.1) is 0 Å². The van der Waals surface area contributed by atoms with Crippen LogP contribution in [0.25, 0.3) is 11.3 Å². The summed E-state index contributed by atoms with van der Waals surface area (Å²) in [5.74, 6) is 1.12. The number of nitrogens with zero attached hydrogens (tertiary/aromatic N) is 2. The van der Waals surface area contributed by atoms with Crippen LogP contribution < -0.4 is 15.2 Å². The topological polar surface area (TPSA) is 81.0 Å². The Bertz CT molecular complexity index is 907. The van der Waals surface area contributed by atoms with E-state index < -0.39 is 0 Å². The Hall–Kier alpha value is -2.42. The summed E-state index contributed by atoms with van der Waals surface area (Å²) < 4.78 is 29.7. The van der Waals surface area contributed by atoms with Gasteiger partial charge < -0.3 is 23.7 Å². The maximum atomic E-state index is 12.5. The second-order valence-corrected chi connectivity index (χ2v) is 7.32. The van der Waals surface area contributed by atoms with E-state index in [1.807, 2.05) is 24.3 Å². The molecule has 8 nitrogen and oxygen atoms in total. The number of hydrogen-bond acceptors (Lipinski definition) is 7. The predicted molar refractivity (Wildman–Crippen MR) is 110 cm³/mol. The van der Waals surface area contributed by atoms with Gasteiger partial charge in [-0.25, -0.2) is 4.79 Å². The molecule has 162 valence electrons. The van der Waals surface area contributed by atoms with E-state index in [9.17, 15) is 4.79 Å². The van der Waals surface area contributed by atoms with Crippen molar-refractivity contribution in [2.45, 2.75) is 32.4 Å². The molecule has 0 spiro atoms. The third kappa shape index (κ3) is 5.00. The predicted octanol–water partition coefficient (Wildman–Crippen LogP) is 2.07. The highest BCUT2D eigenvalue weighted by Gasteiger charge is 2.21. The van der Waals surface area contributed by atoms with Crippen LogP contribution in [0.2, 0.25) is 0 Å². The first kappa shape index (κ1) is 20.8. The maximum absolute atomic E-state index is 12.5. The monoisotopic (exact) mass is 416 g/mol. The first-order valence-corrected chi connectivity index (χ1v) is 10.5. The lowest BCUT2D eigenvalue weighted by Gasteiger charge is -2.24. The molecule has 0 amide bonds. The largest absolute Gasteiger partial charge is 0.491 e. The van der Waals surface area contributed by atoms with E-state index in [2.05, 4.69) is 11.9 Å². The number of rotatable bonds is 9. The lowest BCUT2D eigenvalue weighted by molar-refractivity contribution is -0.102. The maximum Gasteiger partial charge on any atom is 0.351 e. The van der Waals surface area contributed by atoms with Crippen molar-refractivity contribution in [2.24, 2.45) is 0 Å². The zero-order valence-corrected chi connectivity index (χ0v) is 17.3. The third-order valence-electron chi connectivity index (χ3n) is 5.09. The Morgan fingerprint density at radius 1 is 1.17 bits per heavy atom. The molecule has 2 aromatic rings. The van der Waals surface area contributed by atoms with Gasteiger partial charge in [0, 0.05) is 24.8 Å². The zero-order chi connectivity index (χ0) is 20.8. The number of aromatic nitrogens is 2. The van der Waals surface area contributed by atoms with E-state index in [-0.39, 0.29) is 11.8 Å². The van der Waals surface area contributed by atoms with Crippen molar-refractivity contribution < 1.29 is 23.7 Å². The van der Waals surface area contributed by atoms with Crippen LogP contribution in [0.3, 0.4) is 0 Å². The van der Waals surface area contributed by atoms with Crippen LogP contribution in [0.5, 0.6) is 11.6 Å². The van der Waals surface area contributed by atoms with Crippen LogP contribution in [-0.2, 0) is 27.2 Å². The average molecular weight is 416 g/mol. The van der Waals surface area contributed by atoms with Gasteiger partial charge in [-0.3, -0.25) is 4.57 Å². The summed E-state index contributed by atoms with van der Waals surface area (Å²) in [6.07, 6.45) is 1.60. The summed E-state index contributed by atoms with van der Waals surface area (Å²) in [7, 11) is 0. The molecule has 30 heavy (non-hydrogen) atoms. The van der Waals surface area contributed by atoms with E-state index in [0.717, 1.165) is 42.0 Å². The van der Waals surface area contributed by atoms with Crippen molar-refractivity contribution in [3.05, 3.63) is 40.3 Å². The van der Waals surface area contributed by atoms with Gasteiger partial charge in [-0.2, -0.15) is 4.98 Å². The van der Waals surface area contributed by atoms with Crippen LogP contribution in [-0.4, -0.2) is 61.9 Å². The second kappa shape index (κ2) is 10.1. The number of hydrogen-bond donors (Lipinski definition) is 0. The fourth-order valence-electron chi connectivity index (χ4n) is 3.62. The highest BCUT2D eigenvalue weighted by Crippen LogP contribution is 2.32. The summed E-state index contributed by atoms with van der Waals surface area (Å²) in [5.41, 5.74) is 2.65. The zero-order valence-electron chi connectivity index (χ0n) is 17.3. The summed E-state index contributed by atoms with van der Waals surface area (Å²) in [6, 6.07) is 7.77. The van der Waals surface area contributed by atoms with E-state index in [4.69, 9.17) is 23.7 Å². The minimum Gasteiger partial charge on any atom is -0.491 e. The Labute approximate surface area is 175 Å². The molecule has 0 N–H and O–H groups in total. The van der Waals surface area contributed by atoms with Crippen molar-refractivity contribution in [3.63, 3.8) is 0 Å². The minimum absolute atomic E-state index is 0.146. The fraction of sp³-hybridized carbons (Fsp3) is 0.545. The Kier molecular flexibility index (Phi) is 6.99. The molecular weight excluding hydrogens is 388 g/mol. The summed E-state index contributed by atoms with van der Waals surface area (Å²) in [6.45, 7) is 6.44. The van der Waals surface area contributed by atoms with Crippen molar-refractivity contribution in [2.75, 3.05) is 46.2 Å². The van der Waals surface area contributed by atoms with Crippen LogP contribution in [0.1, 0.15) is 18.9 Å². The van der Waals surface area contributed by atoms with E-state index in [0.29, 0.717) is 52.1 Å². The van der Waals surface area contributed by atoms with Crippen molar-refractivity contribution in [3.8, 4) is 22.9 Å². The summed E-state index contributed by atoms with van der Waals surface area (Å²) in [4.78, 5) is 16.6. The van der Waals surface area contributed by atoms with Crippen molar-refractivity contribution >= 4 is 0 Å². The molecule has 8 heteroatoms. The van der Waals surface area contributed by atoms with Gasteiger partial charge in [-0.15, -0.1) is 0 Å². The molecule has 1 fully saturated rings. The Morgan fingerprint density at radius 3 is 2.93 bits per heavy atom. The fourth-order valence-corrected chi connectivity index (χ4v) is 3.62. The molecule has 0 aliphatic carbocycles. The van der Waals surface area contributed by atoms with E-state index >= 15 is 0 Å². The second-order valence-electron chi connectivity index (χ2n) is 7.32. The van der Waals surface area contributed by atoms with Crippen LogP contribution >= 0.6 is 0 Å². The number of fused-ring (bicyclic) bond motifs is 3. The number of aryl methyl sites for hydroxylation is 1. The summed E-state index contributed by atoms with van der Waals surface area (Å²) >= 11 is 0. The lowest BCUT2D eigenvalue weighted by Crippen LogP contribution is -2.34. The quantitative estimate of drug-likeness (QED) is 0.579. The van der Waals surface area contributed by atoms with Gasteiger partial charge in [0.05, 0.1) is 32.1 Å². The molecule has 1 aromatic carbocycles. The van der Waals surface area contributed by atoms with Crippen LogP contribution in [0.15, 0.2) is 29.1 Å². The molecule has 2 aliphatic rings. The molecule has 0 saturated carbocycles. The lowest BCUT2D eigenvalue weighted by atomic mass is 9.97. The van der Waals surface area contributed by atoms with Crippen molar-refractivity contribution in [1.29, 1.82) is 0 Å². The molecule has 0 unspecified atom stereocenters. The van der Waals surface area contributed by atoms with Crippen molar-refractivity contribution in [1.82, 2.24) is 9.55 Å². The molecule has 4 rings (SSSR count). The van der Waals surface area contributed by atoms with Crippen LogP contribution in [0.4, 0.5) is 0 Å². The highest BCUT2D eigenvalue weighted by molar-refractivity contribution is 5.67. The molecule has 3 heterocycles. The SMILES string of the molecule is CCCOCCOc1ccc2c(c1)CCn1c-2cc(OC[C@@H]2COCCO2)nc1=O. The van der Waals surface area contributed by atoms with E-state index in [1.54, 1.807) is 4.57 Å². The molecule has 1 atom stereocenters. The first-order valence-electron chi connectivity index (χ1n) is 10.5. The third-order valence-corrected chi connectivity index (χ3v) is 5.09. The normalized spacial score (nSPS) is 17.8. The molecular formula is C22H28N2O6. The molecule has 0 radical (unpaired) electrons. The Morgan fingerprint density at radius 2 is 2.10 bits per heavy atom. The van der Waals surface area contributed by atoms with Gasteiger partial charge in [-0.05, 0) is 36.6 Å². The van der Waals surface area contributed by atoms with Gasteiger partial charge in [0.25, 0.3) is 0 Å². The minimum atomic E-state index is -0.303. The highest BCUT2D eigenvalue weighted by atomic mass is 16.6. The van der Waals surface area contributed by atoms with Gasteiger partial charge in [0.15, 0.2) is 0 Å². The smallest absolute Gasteiger partial charge is 0.351 e. The standard InChI is InChI=1S/C22H28N2O6/c1-2-7-26-8-10-28-17-3-4-19-16(12-17)5-6-24-20(19)13-21(23-22(24)25)30-15-18-14-27-9-11-29-18/h3-4,12-13,18H,2,5-11,14-15H2,1H3/t18-/m0/s1. The van der Waals surface area contributed by atoms with Gasteiger partial charge >= 0.3 is 5.69 Å². The molecule has 0 bridgehead atoms. The van der Waals surface area contributed by atoms with Gasteiger partial charge in [0.2, 0.25) is 5.88 Å². The molecule has 1 saturated heterocycles.